The second kappa shape index (κ2) is 5.76. The first-order chi connectivity index (χ1) is 10.9. The standard InChI is InChI=1S/C17H21NO5/c1-17(2)9-11-5-3-7-13(15(11)23-17)22-10-14(19)18-8-4-6-12(18)16(20)21/h3,5,7,12H,4,6,8-10H2,1-2H3,(H,20,21)/t12-/m0/s1. The topological polar surface area (TPSA) is 76.1 Å². The SMILES string of the molecule is CC1(C)Cc2cccc(OCC(=O)N3CCC[C@H]3C(=O)O)c2O1. The van der Waals surface area contributed by atoms with Crippen molar-refractivity contribution in [3.63, 3.8) is 0 Å². The first kappa shape index (κ1) is 15.6. The first-order valence-corrected chi connectivity index (χ1v) is 7.83. The molecule has 1 aromatic rings. The van der Waals surface area contributed by atoms with E-state index in [2.05, 4.69) is 0 Å². The number of nitrogens with zero attached hydrogens (tertiary/aromatic N) is 1. The highest BCUT2D eigenvalue weighted by atomic mass is 16.5. The minimum absolute atomic E-state index is 0.177. The smallest absolute Gasteiger partial charge is 0.326 e. The van der Waals surface area contributed by atoms with Gasteiger partial charge in [-0.15, -0.1) is 0 Å². The summed E-state index contributed by atoms with van der Waals surface area (Å²) in [6, 6.07) is 4.90. The number of carbonyl (C=O) groups is 2. The van der Waals surface area contributed by atoms with Crippen molar-refractivity contribution in [1.29, 1.82) is 0 Å². The Morgan fingerprint density at radius 1 is 1.43 bits per heavy atom. The molecule has 1 saturated heterocycles. The largest absolute Gasteiger partial charge is 0.483 e. The molecule has 124 valence electrons. The van der Waals surface area contributed by atoms with Gasteiger partial charge in [0.05, 0.1) is 0 Å². The molecule has 0 saturated carbocycles. The number of fused-ring (bicyclic) bond motifs is 1. The predicted octanol–water partition coefficient (Wildman–Crippen LogP) is 1.85. The van der Waals surface area contributed by atoms with E-state index in [4.69, 9.17) is 14.6 Å². The van der Waals surface area contributed by atoms with Crippen molar-refractivity contribution in [2.45, 2.75) is 44.8 Å². The van der Waals surface area contributed by atoms with Crippen molar-refractivity contribution in [3.05, 3.63) is 23.8 Å². The third-order valence-corrected chi connectivity index (χ3v) is 4.26. The zero-order valence-corrected chi connectivity index (χ0v) is 13.4. The van der Waals surface area contributed by atoms with Gasteiger partial charge in [0.25, 0.3) is 5.91 Å². The Bertz CT molecular complexity index is 640. The fourth-order valence-corrected chi connectivity index (χ4v) is 3.25. The van der Waals surface area contributed by atoms with Crippen molar-refractivity contribution in [2.75, 3.05) is 13.2 Å². The van der Waals surface area contributed by atoms with Crippen LogP contribution in [0.4, 0.5) is 0 Å². The van der Waals surface area contributed by atoms with Gasteiger partial charge in [0.2, 0.25) is 0 Å². The molecule has 6 heteroatoms. The predicted molar refractivity (Wildman–Crippen MR) is 82.7 cm³/mol. The van der Waals surface area contributed by atoms with Crippen LogP contribution >= 0.6 is 0 Å². The molecule has 0 radical (unpaired) electrons. The third kappa shape index (κ3) is 3.11. The highest BCUT2D eigenvalue weighted by Gasteiger charge is 2.35. The van der Waals surface area contributed by atoms with Gasteiger partial charge in [-0.25, -0.2) is 4.79 Å². The van der Waals surface area contributed by atoms with Crippen molar-refractivity contribution in [1.82, 2.24) is 4.90 Å². The number of carbonyl (C=O) groups excluding carboxylic acids is 1. The van der Waals surface area contributed by atoms with Gasteiger partial charge >= 0.3 is 5.97 Å². The number of amides is 1. The van der Waals surface area contributed by atoms with E-state index in [-0.39, 0.29) is 18.1 Å². The van der Waals surface area contributed by atoms with E-state index in [9.17, 15) is 9.59 Å². The summed E-state index contributed by atoms with van der Waals surface area (Å²) in [7, 11) is 0. The van der Waals surface area contributed by atoms with E-state index in [0.717, 1.165) is 12.0 Å². The summed E-state index contributed by atoms with van der Waals surface area (Å²) < 4.78 is 11.5. The van der Waals surface area contributed by atoms with Crippen molar-refractivity contribution in [3.8, 4) is 11.5 Å². The zero-order chi connectivity index (χ0) is 16.6. The quantitative estimate of drug-likeness (QED) is 0.916. The molecule has 1 N–H and O–H groups in total. The normalized spacial score (nSPS) is 21.7. The van der Waals surface area contributed by atoms with Crippen molar-refractivity contribution >= 4 is 11.9 Å². The fraction of sp³-hybridized carbons (Fsp3) is 0.529. The Morgan fingerprint density at radius 3 is 2.96 bits per heavy atom. The van der Waals surface area contributed by atoms with Gasteiger partial charge < -0.3 is 19.5 Å². The number of carboxylic acids is 1. The maximum atomic E-state index is 12.3. The lowest BCUT2D eigenvalue weighted by molar-refractivity contribution is -0.149. The molecule has 1 fully saturated rings. The third-order valence-electron chi connectivity index (χ3n) is 4.26. The molecule has 2 aliphatic heterocycles. The fourth-order valence-electron chi connectivity index (χ4n) is 3.25. The van der Waals surface area contributed by atoms with Crippen LogP contribution in [0.1, 0.15) is 32.3 Å². The summed E-state index contributed by atoms with van der Waals surface area (Å²) >= 11 is 0. The maximum Gasteiger partial charge on any atom is 0.326 e. The van der Waals surface area contributed by atoms with E-state index in [1.807, 2.05) is 26.0 Å². The van der Waals surface area contributed by atoms with Gasteiger partial charge in [0, 0.05) is 18.5 Å². The van der Waals surface area contributed by atoms with Crippen LogP contribution in [0.25, 0.3) is 0 Å². The van der Waals surface area contributed by atoms with Gasteiger partial charge in [0.15, 0.2) is 18.1 Å². The monoisotopic (exact) mass is 319 g/mol. The summed E-state index contributed by atoms with van der Waals surface area (Å²) in [4.78, 5) is 24.8. The van der Waals surface area contributed by atoms with Crippen LogP contribution in [0.2, 0.25) is 0 Å². The number of aliphatic carboxylic acids is 1. The average Bonchev–Trinajstić information content (AvgIpc) is 3.07. The Morgan fingerprint density at radius 2 is 2.22 bits per heavy atom. The Hall–Kier alpha value is -2.24. The second-order valence-corrected chi connectivity index (χ2v) is 6.66. The summed E-state index contributed by atoms with van der Waals surface area (Å²) in [6.45, 7) is 4.30. The lowest BCUT2D eigenvalue weighted by Crippen LogP contribution is -2.42. The van der Waals surface area contributed by atoms with Crippen LogP contribution < -0.4 is 9.47 Å². The summed E-state index contributed by atoms with van der Waals surface area (Å²) in [6.07, 6.45) is 2.00. The minimum atomic E-state index is -0.957. The molecule has 2 aliphatic rings. The average molecular weight is 319 g/mol. The summed E-state index contributed by atoms with van der Waals surface area (Å²) in [5.74, 6) is -0.0414. The number of likely N-dealkylation sites (tertiary alicyclic amines) is 1. The molecule has 1 aromatic carbocycles. The van der Waals surface area contributed by atoms with Crippen LogP contribution in [0, 0.1) is 0 Å². The van der Waals surface area contributed by atoms with E-state index in [1.54, 1.807) is 6.07 Å². The Balaban J connectivity index is 1.67. The van der Waals surface area contributed by atoms with E-state index < -0.39 is 12.0 Å². The minimum Gasteiger partial charge on any atom is -0.483 e. The van der Waals surface area contributed by atoms with Crippen LogP contribution in [-0.4, -0.2) is 46.7 Å². The lowest BCUT2D eigenvalue weighted by atomic mass is 10.0. The highest BCUT2D eigenvalue weighted by Crippen LogP contribution is 2.41. The molecule has 0 aromatic heterocycles. The summed E-state index contributed by atoms with van der Waals surface area (Å²) in [5, 5.41) is 9.15. The molecular formula is C17H21NO5. The van der Waals surface area contributed by atoms with Gasteiger partial charge in [-0.05, 0) is 32.8 Å². The number of para-hydroxylation sites is 1. The molecule has 0 spiro atoms. The maximum absolute atomic E-state index is 12.3. The molecule has 0 bridgehead atoms. The molecule has 1 atom stereocenters. The molecular weight excluding hydrogens is 298 g/mol. The molecule has 0 unspecified atom stereocenters. The van der Waals surface area contributed by atoms with Crippen LogP contribution in [0.3, 0.4) is 0 Å². The van der Waals surface area contributed by atoms with Crippen LogP contribution in [0.5, 0.6) is 11.5 Å². The summed E-state index contributed by atoms with van der Waals surface area (Å²) in [5.41, 5.74) is 0.777. The Kier molecular flexibility index (Phi) is 3.92. The second-order valence-electron chi connectivity index (χ2n) is 6.66. The number of carboxylic acid groups (broad SMARTS) is 1. The molecule has 1 amide bonds. The number of ether oxygens (including phenoxy) is 2. The van der Waals surface area contributed by atoms with Gasteiger partial charge in [-0.3, -0.25) is 4.79 Å². The van der Waals surface area contributed by atoms with E-state index in [0.29, 0.717) is 30.9 Å². The van der Waals surface area contributed by atoms with Crippen LogP contribution in [0.15, 0.2) is 18.2 Å². The number of benzene rings is 1. The molecule has 6 nitrogen and oxygen atoms in total. The molecule has 3 rings (SSSR count). The number of hydrogen-bond acceptors (Lipinski definition) is 4. The zero-order valence-electron chi connectivity index (χ0n) is 13.4. The first-order valence-electron chi connectivity index (χ1n) is 7.83. The Labute approximate surface area is 135 Å². The van der Waals surface area contributed by atoms with E-state index in [1.165, 1.54) is 4.90 Å². The van der Waals surface area contributed by atoms with Gasteiger partial charge in [-0.2, -0.15) is 0 Å². The lowest BCUT2D eigenvalue weighted by Gasteiger charge is -2.22. The highest BCUT2D eigenvalue weighted by molar-refractivity contribution is 5.85. The molecule has 23 heavy (non-hydrogen) atoms. The van der Waals surface area contributed by atoms with Crippen LogP contribution in [-0.2, 0) is 16.0 Å². The molecule has 0 aliphatic carbocycles. The molecule has 2 heterocycles. The number of rotatable bonds is 4. The van der Waals surface area contributed by atoms with Crippen molar-refractivity contribution in [2.24, 2.45) is 0 Å². The van der Waals surface area contributed by atoms with Crippen molar-refractivity contribution < 1.29 is 24.2 Å². The van der Waals surface area contributed by atoms with Gasteiger partial charge in [0.1, 0.15) is 11.6 Å². The van der Waals surface area contributed by atoms with E-state index >= 15 is 0 Å². The number of hydrogen-bond donors (Lipinski definition) is 1. The van der Waals surface area contributed by atoms with Gasteiger partial charge in [-0.1, -0.05) is 12.1 Å².